The molecule has 1 saturated heterocycles. The number of hydrogen-bond acceptors (Lipinski definition) is 2. The first kappa shape index (κ1) is 18.2. The molecule has 6 heteroatoms. The normalized spacial score (nSPS) is 26.8. The van der Waals surface area contributed by atoms with Crippen LogP contribution in [-0.2, 0) is 11.0 Å². The number of amides is 1. The fraction of sp³-hybridized carbons (Fsp3) is 0.632. The number of likely N-dealkylation sites (tertiary alicyclic amines) is 1. The smallest absolute Gasteiger partial charge is 0.338 e. The van der Waals surface area contributed by atoms with Crippen molar-refractivity contribution >= 4 is 5.91 Å². The van der Waals surface area contributed by atoms with Crippen LogP contribution in [0.2, 0.25) is 0 Å². The minimum absolute atomic E-state index is 0.0357. The van der Waals surface area contributed by atoms with Gasteiger partial charge >= 0.3 is 6.18 Å². The molecule has 1 aliphatic carbocycles. The molecule has 1 amide bonds. The zero-order valence-corrected chi connectivity index (χ0v) is 14.7. The lowest BCUT2D eigenvalue weighted by atomic mass is 9.99. The molecule has 1 aromatic rings. The summed E-state index contributed by atoms with van der Waals surface area (Å²) in [6, 6.07) is 5.85. The number of likely N-dealkylation sites (N-methyl/N-ethyl adjacent to an activating group) is 1. The van der Waals surface area contributed by atoms with Crippen LogP contribution in [0.25, 0.3) is 0 Å². The lowest BCUT2D eigenvalue weighted by molar-refractivity contribution is -0.139. The largest absolute Gasteiger partial charge is 0.416 e. The number of alkyl halides is 3. The molecule has 1 heterocycles. The predicted molar refractivity (Wildman–Crippen MR) is 90.2 cm³/mol. The van der Waals surface area contributed by atoms with Gasteiger partial charge in [0, 0.05) is 25.0 Å². The maximum Gasteiger partial charge on any atom is 0.416 e. The van der Waals surface area contributed by atoms with Crippen molar-refractivity contribution in [2.24, 2.45) is 5.92 Å². The summed E-state index contributed by atoms with van der Waals surface area (Å²) in [5.74, 6) is -0.563. The number of halogens is 3. The van der Waals surface area contributed by atoms with E-state index in [2.05, 4.69) is 4.90 Å². The first-order chi connectivity index (χ1) is 11.8. The second-order valence-electron chi connectivity index (χ2n) is 7.48. The summed E-state index contributed by atoms with van der Waals surface area (Å²) in [4.78, 5) is 16.9. The molecule has 2 fully saturated rings. The average Bonchev–Trinajstić information content (AvgIpc) is 3.34. The summed E-state index contributed by atoms with van der Waals surface area (Å²) in [7, 11) is 3.97. The number of carbonyl (C=O) groups excluding carboxylic acids is 1. The van der Waals surface area contributed by atoms with E-state index in [9.17, 15) is 18.0 Å². The number of hydrogen-bond donors (Lipinski definition) is 0. The van der Waals surface area contributed by atoms with Crippen molar-refractivity contribution < 1.29 is 18.0 Å². The van der Waals surface area contributed by atoms with E-state index in [4.69, 9.17) is 0 Å². The maximum absolute atomic E-state index is 13.2. The van der Waals surface area contributed by atoms with Gasteiger partial charge in [0.05, 0.1) is 5.56 Å². The van der Waals surface area contributed by atoms with Crippen molar-refractivity contribution in [3.05, 3.63) is 35.4 Å². The van der Waals surface area contributed by atoms with Gasteiger partial charge in [-0.25, -0.2) is 0 Å². The van der Waals surface area contributed by atoms with E-state index in [0.29, 0.717) is 6.42 Å². The number of nitrogens with zero attached hydrogens (tertiary/aromatic N) is 2. The molecule has 3 rings (SSSR count). The van der Waals surface area contributed by atoms with Crippen LogP contribution in [0, 0.1) is 5.92 Å². The highest BCUT2D eigenvalue weighted by molar-refractivity contribution is 5.83. The van der Waals surface area contributed by atoms with Crippen LogP contribution in [-0.4, -0.2) is 48.9 Å². The van der Waals surface area contributed by atoms with Crippen LogP contribution in [0.4, 0.5) is 13.2 Å². The SMILES string of the molecule is CN(C)C[C@@H]1CCCCN1C(=O)[C@@H]1C[C@H]1c1ccccc1C(F)(F)F. The van der Waals surface area contributed by atoms with Crippen LogP contribution < -0.4 is 0 Å². The molecule has 0 unspecified atom stereocenters. The van der Waals surface area contributed by atoms with Crippen molar-refractivity contribution in [1.82, 2.24) is 9.80 Å². The van der Waals surface area contributed by atoms with Crippen molar-refractivity contribution in [1.29, 1.82) is 0 Å². The molecular weight excluding hydrogens is 329 g/mol. The number of rotatable bonds is 4. The molecule has 2 aliphatic rings. The Labute approximate surface area is 146 Å². The Morgan fingerprint density at radius 3 is 2.64 bits per heavy atom. The molecule has 1 aromatic carbocycles. The predicted octanol–water partition coefficient (Wildman–Crippen LogP) is 3.75. The van der Waals surface area contributed by atoms with Gasteiger partial charge in [-0.3, -0.25) is 4.79 Å². The molecule has 0 bridgehead atoms. The molecule has 0 aromatic heterocycles. The number of piperidine rings is 1. The standard InChI is InChI=1S/C19H25F3N2O/c1-23(2)12-13-7-5-6-10-24(13)18(25)16-11-15(16)14-8-3-4-9-17(14)19(20,21)22/h3-4,8-9,13,15-16H,5-7,10-12H2,1-2H3/t13-,15-,16+/m0/s1. The van der Waals surface area contributed by atoms with E-state index in [1.165, 1.54) is 12.1 Å². The van der Waals surface area contributed by atoms with Crippen molar-refractivity contribution in [2.45, 2.75) is 43.8 Å². The van der Waals surface area contributed by atoms with Gasteiger partial charge in [-0.2, -0.15) is 13.2 Å². The van der Waals surface area contributed by atoms with Crippen LogP contribution >= 0.6 is 0 Å². The third-order valence-electron chi connectivity index (χ3n) is 5.26. The van der Waals surface area contributed by atoms with Crippen molar-refractivity contribution in [2.75, 3.05) is 27.2 Å². The minimum Gasteiger partial charge on any atom is -0.338 e. The van der Waals surface area contributed by atoms with Crippen LogP contribution in [0.15, 0.2) is 24.3 Å². The first-order valence-corrected chi connectivity index (χ1v) is 8.90. The summed E-state index contributed by atoms with van der Waals surface area (Å²) in [5.41, 5.74) is -0.326. The third-order valence-corrected chi connectivity index (χ3v) is 5.26. The van der Waals surface area contributed by atoms with Gasteiger partial charge < -0.3 is 9.80 Å². The molecule has 1 aliphatic heterocycles. The van der Waals surface area contributed by atoms with E-state index in [-0.39, 0.29) is 29.3 Å². The minimum atomic E-state index is -4.37. The van der Waals surface area contributed by atoms with E-state index >= 15 is 0 Å². The molecule has 0 spiro atoms. The Morgan fingerprint density at radius 1 is 1.24 bits per heavy atom. The number of benzene rings is 1. The summed E-state index contributed by atoms with van der Waals surface area (Å²) in [6.07, 6.45) is -0.789. The van der Waals surface area contributed by atoms with Crippen LogP contribution in [0.1, 0.15) is 42.7 Å². The van der Waals surface area contributed by atoms with E-state index in [1.54, 1.807) is 6.07 Å². The van der Waals surface area contributed by atoms with Gasteiger partial charge in [0.15, 0.2) is 0 Å². The van der Waals surface area contributed by atoms with Gasteiger partial charge in [-0.15, -0.1) is 0 Å². The fourth-order valence-electron chi connectivity index (χ4n) is 4.01. The molecular formula is C19H25F3N2O. The maximum atomic E-state index is 13.2. The van der Waals surface area contributed by atoms with Gasteiger partial charge in [0.2, 0.25) is 5.91 Å². The monoisotopic (exact) mass is 354 g/mol. The molecule has 0 radical (unpaired) electrons. The summed E-state index contributed by atoms with van der Waals surface area (Å²) in [5, 5.41) is 0. The Hall–Kier alpha value is -1.56. The third kappa shape index (κ3) is 4.00. The zero-order valence-electron chi connectivity index (χ0n) is 14.7. The highest BCUT2D eigenvalue weighted by Crippen LogP contribution is 2.52. The molecule has 3 nitrogen and oxygen atoms in total. The van der Waals surface area contributed by atoms with E-state index < -0.39 is 11.7 Å². The Bertz CT molecular complexity index is 629. The lowest BCUT2D eigenvalue weighted by Gasteiger charge is -2.37. The highest BCUT2D eigenvalue weighted by atomic mass is 19.4. The Kier molecular flexibility index (Phi) is 5.09. The second-order valence-corrected chi connectivity index (χ2v) is 7.48. The van der Waals surface area contributed by atoms with Gasteiger partial charge in [0.1, 0.15) is 0 Å². The quantitative estimate of drug-likeness (QED) is 0.822. The Balaban J connectivity index is 1.74. The molecule has 3 atom stereocenters. The van der Waals surface area contributed by atoms with Crippen molar-refractivity contribution in [3.8, 4) is 0 Å². The summed E-state index contributed by atoms with van der Waals surface area (Å²) >= 11 is 0. The zero-order chi connectivity index (χ0) is 18.2. The molecule has 1 saturated carbocycles. The summed E-state index contributed by atoms with van der Waals surface area (Å²) < 4.78 is 39.7. The van der Waals surface area contributed by atoms with E-state index in [0.717, 1.165) is 38.4 Å². The lowest BCUT2D eigenvalue weighted by Crippen LogP contribution is -2.49. The van der Waals surface area contributed by atoms with Gasteiger partial charge in [-0.05, 0) is 57.3 Å². The fourth-order valence-corrected chi connectivity index (χ4v) is 4.01. The average molecular weight is 354 g/mol. The van der Waals surface area contributed by atoms with Gasteiger partial charge in [0.25, 0.3) is 0 Å². The van der Waals surface area contributed by atoms with Crippen molar-refractivity contribution in [3.63, 3.8) is 0 Å². The molecule has 25 heavy (non-hydrogen) atoms. The molecule has 138 valence electrons. The Morgan fingerprint density at radius 2 is 1.96 bits per heavy atom. The topological polar surface area (TPSA) is 23.6 Å². The number of carbonyl (C=O) groups is 1. The first-order valence-electron chi connectivity index (χ1n) is 8.90. The molecule has 0 N–H and O–H groups in total. The van der Waals surface area contributed by atoms with Crippen LogP contribution in [0.3, 0.4) is 0 Å². The van der Waals surface area contributed by atoms with Crippen LogP contribution in [0.5, 0.6) is 0 Å². The second kappa shape index (κ2) is 6.98. The highest BCUT2D eigenvalue weighted by Gasteiger charge is 2.50. The van der Waals surface area contributed by atoms with Gasteiger partial charge in [-0.1, -0.05) is 18.2 Å². The van der Waals surface area contributed by atoms with E-state index in [1.807, 2.05) is 19.0 Å². The summed E-state index contributed by atoms with van der Waals surface area (Å²) in [6.45, 7) is 1.53.